The quantitative estimate of drug-likeness (QED) is 0.857. The molecule has 5 heteroatoms. The number of hydrogen-bond acceptors (Lipinski definition) is 2. The molecule has 104 valence electrons. The molecule has 1 aromatic rings. The number of rotatable bonds is 3. The molecule has 0 aromatic heterocycles. The van der Waals surface area contributed by atoms with Crippen LogP contribution in [0.3, 0.4) is 0 Å². The van der Waals surface area contributed by atoms with Gasteiger partial charge in [0.05, 0.1) is 5.56 Å². The highest BCUT2D eigenvalue weighted by Gasteiger charge is 2.26. The van der Waals surface area contributed by atoms with Gasteiger partial charge in [0, 0.05) is 20.8 Å². The van der Waals surface area contributed by atoms with Crippen molar-refractivity contribution in [1.82, 2.24) is 5.32 Å². The van der Waals surface area contributed by atoms with E-state index in [2.05, 4.69) is 27.5 Å². The number of benzene rings is 1. The van der Waals surface area contributed by atoms with Gasteiger partial charge < -0.3 is 5.32 Å². The van der Waals surface area contributed by atoms with E-state index in [4.69, 9.17) is 11.6 Å². The van der Waals surface area contributed by atoms with Crippen LogP contribution in [0.25, 0.3) is 0 Å². The molecule has 0 radical (unpaired) electrons. The van der Waals surface area contributed by atoms with E-state index in [-0.39, 0.29) is 11.9 Å². The van der Waals surface area contributed by atoms with E-state index in [9.17, 15) is 4.79 Å². The first-order valence-electron chi connectivity index (χ1n) is 6.40. The van der Waals surface area contributed by atoms with Gasteiger partial charge in [-0.3, -0.25) is 4.79 Å². The first kappa shape index (κ1) is 15.2. The number of carbonyl (C=O) groups is 1. The molecule has 1 aliphatic rings. The van der Waals surface area contributed by atoms with Crippen molar-refractivity contribution in [2.24, 2.45) is 0 Å². The van der Waals surface area contributed by atoms with Gasteiger partial charge in [0.2, 0.25) is 0 Å². The molecule has 1 amide bonds. The average Bonchev–Trinajstić information content (AvgIpc) is 2.39. The first-order chi connectivity index (χ1) is 9.11. The van der Waals surface area contributed by atoms with Crippen LogP contribution in [0.5, 0.6) is 0 Å². The molecule has 19 heavy (non-hydrogen) atoms. The number of thioether (sulfide) groups is 1. The average molecular weight is 363 g/mol. The van der Waals surface area contributed by atoms with Gasteiger partial charge in [0.25, 0.3) is 5.91 Å². The van der Waals surface area contributed by atoms with Crippen LogP contribution in [0.2, 0.25) is 5.02 Å². The van der Waals surface area contributed by atoms with Crippen LogP contribution >= 0.6 is 39.3 Å². The summed E-state index contributed by atoms with van der Waals surface area (Å²) in [6.45, 7) is 0. The summed E-state index contributed by atoms with van der Waals surface area (Å²) >= 11 is 11.1. The number of halogens is 2. The van der Waals surface area contributed by atoms with E-state index >= 15 is 0 Å². The SMILES string of the molecule is CSC1CCCCC1NC(=O)c1ccc(Cl)cc1Br. The maximum absolute atomic E-state index is 12.3. The normalized spacial score (nSPS) is 23.1. The van der Waals surface area contributed by atoms with Crippen LogP contribution in [0.1, 0.15) is 36.0 Å². The van der Waals surface area contributed by atoms with Crippen LogP contribution < -0.4 is 5.32 Å². The molecular weight excluding hydrogens is 346 g/mol. The summed E-state index contributed by atoms with van der Waals surface area (Å²) in [5.74, 6) is -0.0190. The van der Waals surface area contributed by atoms with Crippen LogP contribution in [-0.2, 0) is 0 Å². The molecular formula is C14H17BrClNOS. The lowest BCUT2D eigenvalue weighted by Crippen LogP contribution is -2.43. The Labute approximate surface area is 131 Å². The van der Waals surface area contributed by atoms with E-state index in [1.807, 2.05) is 11.8 Å². The van der Waals surface area contributed by atoms with Crippen LogP contribution in [-0.4, -0.2) is 23.5 Å². The lowest BCUT2D eigenvalue weighted by atomic mass is 9.94. The van der Waals surface area contributed by atoms with Crippen molar-refractivity contribution in [3.8, 4) is 0 Å². The van der Waals surface area contributed by atoms with Crippen LogP contribution in [0.4, 0.5) is 0 Å². The Balaban J connectivity index is 2.07. The predicted octanol–water partition coefficient (Wildman–Crippen LogP) is 4.51. The fraction of sp³-hybridized carbons (Fsp3) is 0.500. The molecule has 0 aliphatic heterocycles. The second kappa shape index (κ2) is 7.00. The summed E-state index contributed by atoms with van der Waals surface area (Å²) in [5.41, 5.74) is 0.648. The topological polar surface area (TPSA) is 29.1 Å². The van der Waals surface area contributed by atoms with Crippen molar-refractivity contribution in [1.29, 1.82) is 0 Å². The minimum Gasteiger partial charge on any atom is -0.348 e. The summed E-state index contributed by atoms with van der Waals surface area (Å²) in [5, 5.41) is 4.32. The van der Waals surface area contributed by atoms with Crippen molar-refractivity contribution < 1.29 is 4.79 Å². The Bertz CT molecular complexity index is 469. The molecule has 2 nitrogen and oxygen atoms in total. The van der Waals surface area contributed by atoms with E-state index < -0.39 is 0 Å². The van der Waals surface area contributed by atoms with Crippen molar-refractivity contribution in [2.75, 3.05) is 6.26 Å². The highest BCUT2D eigenvalue weighted by Crippen LogP contribution is 2.28. The standard InChI is InChI=1S/C14H17BrClNOS/c1-19-13-5-3-2-4-12(13)17-14(18)10-7-6-9(16)8-11(10)15/h6-8,12-13H,2-5H2,1H3,(H,17,18). The zero-order valence-electron chi connectivity index (χ0n) is 10.8. The van der Waals surface area contributed by atoms with E-state index in [1.165, 1.54) is 19.3 Å². The molecule has 0 spiro atoms. The highest BCUT2D eigenvalue weighted by molar-refractivity contribution is 9.10. The number of nitrogens with one attached hydrogen (secondary N) is 1. The summed E-state index contributed by atoms with van der Waals surface area (Å²) in [4.78, 5) is 12.3. The zero-order valence-corrected chi connectivity index (χ0v) is 13.9. The van der Waals surface area contributed by atoms with Crippen molar-refractivity contribution in [2.45, 2.75) is 37.0 Å². The van der Waals surface area contributed by atoms with Gasteiger partial charge in [-0.25, -0.2) is 0 Å². The van der Waals surface area contributed by atoms with E-state index in [0.717, 1.165) is 10.9 Å². The smallest absolute Gasteiger partial charge is 0.252 e. The third kappa shape index (κ3) is 3.89. The fourth-order valence-electron chi connectivity index (χ4n) is 2.46. The molecule has 1 aromatic carbocycles. The number of carbonyl (C=O) groups excluding carboxylic acids is 1. The molecule has 1 N–H and O–H groups in total. The fourth-order valence-corrected chi connectivity index (χ4v) is 4.26. The number of hydrogen-bond donors (Lipinski definition) is 1. The minimum absolute atomic E-state index is 0.0190. The molecule has 1 fully saturated rings. The maximum atomic E-state index is 12.3. The van der Waals surface area contributed by atoms with Gasteiger partial charge in [0.15, 0.2) is 0 Å². The van der Waals surface area contributed by atoms with Gasteiger partial charge in [-0.05, 0) is 53.2 Å². The maximum Gasteiger partial charge on any atom is 0.252 e. The Kier molecular flexibility index (Phi) is 5.60. The van der Waals surface area contributed by atoms with Gasteiger partial charge in [0.1, 0.15) is 0 Å². The first-order valence-corrected chi connectivity index (χ1v) is 8.86. The Hall–Kier alpha value is -0.190. The number of amides is 1. The Morgan fingerprint density at radius 2 is 2.16 bits per heavy atom. The molecule has 2 unspecified atom stereocenters. The summed E-state index contributed by atoms with van der Waals surface area (Å²) in [6, 6.07) is 5.54. The predicted molar refractivity (Wildman–Crippen MR) is 86.2 cm³/mol. The molecule has 0 saturated heterocycles. The molecule has 1 aliphatic carbocycles. The third-order valence-corrected chi connectivity index (χ3v) is 5.56. The molecule has 1 saturated carbocycles. The van der Waals surface area contributed by atoms with Crippen molar-refractivity contribution in [3.05, 3.63) is 33.3 Å². The van der Waals surface area contributed by atoms with E-state index in [0.29, 0.717) is 15.8 Å². The zero-order chi connectivity index (χ0) is 13.8. The van der Waals surface area contributed by atoms with Crippen molar-refractivity contribution in [3.63, 3.8) is 0 Å². The van der Waals surface area contributed by atoms with Gasteiger partial charge in [-0.1, -0.05) is 24.4 Å². The Morgan fingerprint density at radius 1 is 1.42 bits per heavy atom. The molecule has 2 rings (SSSR count). The Morgan fingerprint density at radius 3 is 2.84 bits per heavy atom. The molecule has 0 heterocycles. The largest absolute Gasteiger partial charge is 0.348 e. The van der Waals surface area contributed by atoms with Crippen molar-refractivity contribution >= 4 is 45.2 Å². The molecule has 2 atom stereocenters. The lowest BCUT2D eigenvalue weighted by Gasteiger charge is -2.31. The van der Waals surface area contributed by atoms with Gasteiger partial charge in [-0.15, -0.1) is 0 Å². The summed E-state index contributed by atoms with van der Waals surface area (Å²) < 4.78 is 0.744. The van der Waals surface area contributed by atoms with Crippen LogP contribution in [0, 0.1) is 0 Å². The van der Waals surface area contributed by atoms with Crippen LogP contribution in [0.15, 0.2) is 22.7 Å². The lowest BCUT2D eigenvalue weighted by molar-refractivity contribution is 0.0928. The minimum atomic E-state index is -0.0190. The van der Waals surface area contributed by atoms with Gasteiger partial charge in [-0.2, -0.15) is 11.8 Å². The molecule has 0 bridgehead atoms. The van der Waals surface area contributed by atoms with E-state index in [1.54, 1.807) is 18.2 Å². The highest BCUT2D eigenvalue weighted by atomic mass is 79.9. The monoisotopic (exact) mass is 361 g/mol. The summed E-state index contributed by atoms with van der Waals surface area (Å²) in [6.07, 6.45) is 6.84. The summed E-state index contributed by atoms with van der Waals surface area (Å²) in [7, 11) is 0. The third-order valence-electron chi connectivity index (χ3n) is 3.50. The second-order valence-electron chi connectivity index (χ2n) is 4.76. The van der Waals surface area contributed by atoms with Gasteiger partial charge >= 0.3 is 0 Å². The second-order valence-corrected chi connectivity index (χ2v) is 7.13.